The van der Waals surface area contributed by atoms with Gasteiger partial charge in [-0.15, -0.1) is 11.6 Å². The summed E-state index contributed by atoms with van der Waals surface area (Å²) in [6, 6.07) is 10.4. The predicted molar refractivity (Wildman–Crippen MR) is 94.4 cm³/mol. The standard InChI is InChI=1S/C19H30ClNO/c1-15(20)13-21-18(2,3)11-17(12-19(21,4)5)22-14-16-9-7-6-8-10-16/h6-10,15,17H,11-14H2,1-5H3. The Balaban J connectivity index is 2.02. The number of hydrogen-bond donors (Lipinski definition) is 0. The number of ether oxygens (including phenoxy) is 1. The van der Waals surface area contributed by atoms with E-state index in [1.165, 1.54) is 5.56 Å². The van der Waals surface area contributed by atoms with Crippen molar-refractivity contribution in [1.82, 2.24) is 4.90 Å². The Morgan fingerprint density at radius 1 is 1.14 bits per heavy atom. The Labute approximate surface area is 140 Å². The maximum absolute atomic E-state index is 6.27. The van der Waals surface area contributed by atoms with Crippen molar-refractivity contribution in [1.29, 1.82) is 0 Å². The minimum Gasteiger partial charge on any atom is -0.373 e. The van der Waals surface area contributed by atoms with Crippen LogP contribution in [0.25, 0.3) is 0 Å². The second kappa shape index (κ2) is 6.90. The molecule has 124 valence electrons. The topological polar surface area (TPSA) is 12.5 Å². The van der Waals surface area contributed by atoms with Gasteiger partial charge in [-0.3, -0.25) is 4.90 Å². The lowest BCUT2D eigenvalue weighted by Gasteiger charge is -2.55. The maximum atomic E-state index is 6.27. The number of hydrogen-bond acceptors (Lipinski definition) is 2. The van der Waals surface area contributed by atoms with Gasteiger partial charge in [0.05, 0.1) is 12.7 Å². The van der Waals surface area contributed by atoms with Gasteiger partial charge in [0.15, 0.2) is 0 Å². The lowest BCUT2D eigenvalue weighted by molar-refractivity contribution is -0.107. The quantitative estimate of drug-likeness (QED) is 0.718. The second-order valence-corrected chi connectivity index (χ2v) is 8.59. The van der Waals surface area contributed by atoms with Crippen LogP contribution in [0, 0.1) is 0 Å². The highest BCUT2D eigenvalue weighted by atomic mass is 35.5. The van der Waals surface area contributed by atoms with E-state index in [1.807, 2.05) is 6.07 Å². The summed E-state index contributed by atoms with van der Waals surface area (Å²) in [4.78, 5) is 2.56. The zero-order valence-corrected chi connectivity index (χ0v) is 15.4. The van der Waals surface area contributed by atoms with Crippen LogP contribution in [-0.2, 0) is 11.3 Å². The maximum Gasteiger partial charge on any atom is 0.0720 e. The van der Waals surface area contributed by atoms with Crippen LogP contribution in [0.2, 0.25) is 0 Å². The molecule has 0 radical (unpaired) electrons. The first-order chi connectivity index (χ1) is 10.2. The number of rotatable bonds is 5. The van der Waals surface area contributed by atoms with E-state index in [1.54, 1.807) is 0 Å². The van der Waals surface area contributed by atoms with Crippen molar-refractivity contribution in [3.63, 3.8) is 0 Å². The largest absolute Gasteiger partial charge is 0.373 e. The van der Waals surface area contributed by atoms with Crippen LogP contribution in [0.5, 0.6) is 0 Å². The third-order valence-corrected chi connectivity index (χ3v) is 4.82. The molecular formula is C19H30ClNO. The summed E-state index contributed by atoms with van der Waals surface area (Å²) in [6.07, 6.45) is 2.40. The van der Waals surface area contributed by atoms with Crippen molar-refractivity contribution < 1.29 is 4.74 Å². The van der Waals surface area contributed by atoms with Crippen molar-refractivity contribution in [3.05, 3.63) is 35.9 Å². The van der Waals surface area contributed by atoms with Crippen molar-refractivity contribution in [2.75, 3.05) is 6.54 Å². The van der Waals surface area contributed by atoms with Crippen molar-refractivity contribution in [2.45, 2.75) is 76.6 Å². The summed E-state index contributed by atoms with van der Waals surface area (Å²) in [5.74, 6) is 0. The fourth-order valence-corrected chi connectivity index (χ4v) is 4.02. The molecule has 1 heterocycles. The molecule has 1 aliphatic heterocycles. The SMILES string of the molecule is CC(Cl)CN1C(C)(C)CC(OCc2ccccc2)CC1(C)C. The van der Waals surface area contributed by atoms with Crippen LogP contribution >= 0.6 is 11.6 Å². The summed E-state index contributed by atoms with van der Waals surface area (Å²) in [7, 11) is 0. The normalized spacial score (nSPS) is 23.4. The second-order valence-electron chi connectivity index (χ2n) is 7.84. The zero-order chi connectivity index (χ0) is 16.4. The Bertz CT molecular complexity index is 452. The van der Waals surface area contributed by atoms with Gasteiger partial charge in [0.2, 0.25) is 0 Å². The molecule has 1 aliphatic rings. The molecule has 2 rings (SSSR count). The van der Waals surface area contributed by atoms with E-state index in [-0.39, 0.29) is 16.5 Å². The van der Waals surface area contributed by atoms with Crippen molar-refractivity contribution in [2.24, 2.45) is 0 Å². The molecule has 1 saturated heterocycles. The fraction of sp³-hybridized carbons (Fsp3) is 0.684. The van der Waals surface area contributed by atoms with Crippen LogP contribution in [0.15, 0.2) is 30.3 Å². The zero-order valence-electron chi connectivity index (χ0n) is 14.6. The summed E-state index contributed by atoms with van der Waals surface area (Å²) in [5.41, 5.74) is 1.45. The minimum absolute atomic E-state index is 0.103. The predicted octanol–water partition coefficient (Wildman–Crippen LogP) is 4.85. The van der Waals surface area contributed by atoms with Crippen LogP contribution in [0.4, 0.5) is 0 Å². The first kappa shape index (κ1) is 17.8. The molecule has 1 aromatic carbocycles. The van der Waals surface area contributed by atoms with E-state index in [2.05, 4.69) is 63.8 Å². The molecule has 0 aliphatic carbocycles. The summed E-state index contributed by atoms with van der Waals surface area (Å²) >= 11 is 6.27. The highest BCUT2D eigenvalue weighted by Crippen LogP contribution is 2.40. The monoisotopic (exact) mass is 323 g/mol. The number of piperidine rings is 1. The molecule has 1 unspecified atom stereocenters. The Hall–Kier alpha value is -0.570. The first-order valence-corrected chi connectivity index (χ1v) is 8.72. The van der Waals surface area contributed by atoms with Gasteiger partial charge >= 0.3 is 0 Å². The minimum atomic E-state index is 0.103. The molecule has 3 heteroatoms. The van der Waals surface area contributed by atoms with E-state index in [0.717, 1.165) is 19.4 Å². The van der Waals surface area contributed by atoms with E-state index in [4.69, 9.17) is 16.3 Å². The molecule has 0 amide bonds. The van der Waals surface area contributed by atoms with Gasteiger partial charge in [-0.1, -0.05) is 30.3 Å². The van der Waals surface area contributed by atoms with E-state index in [0.29, 0.717) is 12.7 Å². The molecule has 0 saturated carbocycles. The van der Waals surface area contributed by atoms with Crippen molar-refractivity contribution >= 4 is 11.6 Å². The van der Waals surface area contributed by atoms with Gasteiger partial charge in [0.1, 0.15) is 0 Å². The summed E-state index contributed by atoms with van der Waals surface area (Å²) in [6.45, 7) is 12.9. The third kappa shape index (κ3) is 4.47. The van der Waals surface area contributed by atoms with Gasteiger partial charge in [0, 0.05) is 23.0 Å². The average molecular weight is 324 g/mol. The van der Waals surface area contributed by atoms with E-state index >= 15 is 0 Å². The first-order valence-electron chi connectivity index (χ1n) is 8.28. The van der Waals surface area contributed by atoms with E-state index in [9.17, 15) is 0 Å². The van der Waals surface area contributed by atoms with Gasteiger partial charge in [-0.2, -0.15) is 0 Å². The lowest BCUT2D eigenvalue weighted by Crippen LogP contribution is -2.63. The van der Waals surface area contributed by atoms with Crippen LogP contribution in [0.3, 0.4) is 0 Å². The highest BCUT2D eigenvalue weighted by molar-refractivity contribution is 6.20. The molecular weight excluding hydrogens is 294 g/mol. The third-order valence-electron chi connectivity index (χ3n) is 4.68. The number of benzene rings is 1. The smallest absolute Gasteiger partial charge is 0.0720 e. The molecule has 22 heavy (non-hydrogen) atoms. The number of halogens is 1. The molecule has 2 nitrogen and oxygen atoms in total. The highest BCUT2D eigenvalue weighted by Gasteiger charge is 2.45. The number of nitrogens with zero attached hydrogens (tertiary/aromatic N) is 1. The molecule has 1 atom stereocenters. The van der Waals surface area contributed by atoms with Gasteiger partial charge in [-0.25, -0.2) is 0 Å². The van der Waals surface area contributed by atoms with Gasteiger partial charge in [0.25, 0.3) is 0 Å². The fourth-order valence-electron chi connectivity index (χ4n) is 3.88. The van der Waals surface area contributed by atoms with Crippen LogP contribution in [0.1, 0.15) is 53.0 Å². The summed E-state index contributed by atoms with van der Waals surface area (Å²) < 4.78 is 6.23. The Kier molecular flexibility index (Phi) is 5.58. The molecule has 0 N–H and O–H groups in total. The summed E-state index contributed by atoms with van der Waals surface area (Å²) in [5, 5.41) is 0.167. The molecule has 1 aromatic rings. The van der Waals surface area contributed by atoms with Gasteiger partial charge in [-0.05, 0) is 53.0 Å². The van der Waals surface area contributed by atoms with Crippen LogP contribution < -0.4 is 0 Å². The molecule has 0 bridgehead atoms. The average Bonchev–Trinajstić information content (AvgIpc) is 2.41. The number of likely N-dealkylation sites (tertiary alicyclic amines) is 1. The molecule has 1 fully saturated rings. The molecule has 0 aromatic heterocycles. The van der Waals surface area contributed by atoms with E-state index < -0.39 is 0 Å². The van der Waals surface area contributed by atoms with Gasteiger partial charge < -0.3 is 4.74 Å². The van der Waals surface area contributed by atoms with Crippen LogP contribution in [-0.4, -0.2) is 34.0 Å². The lowest BCUT2D eigenvalue weighted by atomic mass is 9.78. The molecule has 0 spiro atoms. The number of alkyl halides is 1. The van der Waals surface area contributed by atoms with Crippen molar-refractivity contribution in [3.8, 4) is 0 Å². The Morgan fingerprint density at radius 3 is 2.18 bits per heavy atom. The Morgan fingerprint density at radius 2 is 1.68 bits per heavy atom.